The van der Waals surface area contributed by atoms with Gasteiger partial charge in [-0.05, 0) is 17.7 Å². The Bertz CT molecular complexity index is 1090. The Morgan fingerprint density at radius 3 is 2.15 bits per heavy atom. The highest BCUT2D eigenvalue weighted by Gasteiger charge is 2.39. The van der Waals surface area contributed by atoms with Crippen LogP contribution in [0.15, 0.2) is 59.5 Å². The summed E-state index contributed by atoms with van der Waals surface area (Å²) < 4.78 is 66.3. The van der Waals surface area contributed by atoms with E-state index >= 15 is 0 Å². The van der Waals surface area contributed by atoms with Crippen molar-refractivity contribution >= 4 is 22.0 Å². The Morgan fingerprint density at radius 2 is 1.52 bits per heavy atom. The maximum atomic E-state index is 13.2. The monoisotopic (exact) mass is 484 g/mol. The fourth-order valence-electron chi connectivity index (χ4n) is 3.38. The molecule has 1 heterocycles. The number of benzene rings is 2. The van der Waals surface area contributed by atoms with Crippen molar-refractivity contribution in [3.63, 3.8) is 0 Å². The summed E-state index contributed by atoms with van der Waals surface area (Å²) in [6.45, 7) is 0.199. The quantitative estimate of drug-likeness (QED) is 0.654. The zero-order valence-electron chi connectivity index (χ0n) is 17.5. The first-order valence-corrected chi connectivity index (χ1v) is 11.5. The number of hydrogen-bond donors (Lipinski definition) is 2. The van der Waals surface area contributed by atoms with Crippen LogP contribution >= 0.6 is 0 Å². The number of alkyl halides is 3. The van der Waals surface area contributed by atoms with Gasteiger partial charge < -0.3 is 5.32 Å². The summed E-state index contributed by atoms with van der Waals surface area (Å²) in [6, 6.07) is 12.5. The van der Waals surface area contributed by atoms with Crippen LogP contribution in [0.3, 0.4) is 0 Å². The molecule has 1 aliphatic heterocycles. The van der Waals surface area contributed by atoms with Gasteiger partial charge in [-0.1, -0.05) is 42.5 Å². The fraction of sp³-hybridized carbons (Fsp3) is 0.333. The normalized spacial score (nSPS) is 15.7. The van der Waals surface area contributed by atoms with E-state index in [1.54, 1.807) is 4.90 Å². The van der Waals surface area contributed by atoms with E-state index in [4.69, 9.17) is 0 Å². The van der Waals surface area contributed by atoms with E-state index in [2.05, 4.69) is 10.6 Å². The summed E-state index contributed by atoms with van der Waals surface area (Å²) in [5.41, 5.74) is -0.349. The number of halogens is 3. The molecule has 0 radical (unpaired) electrons. The molecule has 3 rings (SSSR count). The lowest BCUT2D eigenvalue weighted by molar-refractivity contribution is -0.140. The first-order chi connectivity index (χ1) is 15.6. The van der Waals surface area contributed by atoms with Crippen LogP contribution in [-0.2, 0) is 27.5 Å². The number of carbonyl (C=O) groups is 2. The first kappa shape index (κ1) is 24.7. The molecule has 12 heteroatoms. The Morgan fingerprint density at radius 1 is 0.909 bits per heavy atom. The molecule has 178 valence electrons. The van der Waals surface area contributed by atoms with E-state index in [-0.39, 0.29) is 39.3 Å². The summed E-state index contributed by atoms with van der Waals surface area (Å²) in [6.07, 6.45) is -4.80. The van der Waals surface area contributed by atoms with Gasteiger partial charge in [0.2, 0.25) is 15.9 Å². The molecule has 2 N–H and O–H groups in total. The third kappa shape index (κ3) is 6.53. The molecular weight excluding hydrogens is 461 g/mol. The van der Waals surface area contributed by atoms with Gasteiger partial charge in [-0.25, -0.2) is 13.2 Å². The van der Waals surface area contributed by atoms with E-state index in [9.17, 15) is 31.2 Å². The predicted molar refractivity (Wildman–Crippen MR) is 113 cm³/mol. The van der Waals surface area contributed by atoms with Crippen LogP contribution in [-0.4, -0.2) is 62.3 Å². The minimum Gasteiger partial charge on any atom is -0.334 e. The minimum atomic E-state index is -4.80. The molecule has 1 aliphatic rings. The number of carbonyl (C=O) groups excluding carboxylic acids is 2. The van der Waals surface area contributed by atoms with Crippen LogP contribution in [0, 0.1) is 0 Å². The van der Waals surface area contributed by atoms with Crippen LogP contribution < -0.4 is 10.6 Å². The largest absolute Gasteiger partial charge is 0.417 e. The second-order valence-corrected chi connectivity index (χ2v) is 9.30. The van der Waals surface area contributed by atoms with Crippen molar-refractivity contribution in [3.8, 4) is 0 Å². The minimum absolute atomic E-state index is 0.0813. The van der Waals surface area contributed by atoms with Gasteiger partial charge in [-0.2, -0.15) is 17.5 Å². The SMILES string of the molecule is O=C(CN1CCN(S(=O)(=O)c2ccccc2C(F)(F)F)CC1)NC(=O)NCc1ccccc1. The Labute approximate surface area is 189 Å². The molecule has 0 atom stereocenters. The van der Waals surface area contributed by atoms with Crippen molar-refractivity contribution in [1.82, 2.24) is 19.8 Å². The molecule has 0 unspecified atom stereocenters. The highest BCUT2D eigenvalue weighted by atomic mass is 32.2. The van der Waals surface area contributed by atoms with E-state index in [1.807, 2.05) is 30.3 Å². The van der Waals surface area contributed by atoms with Crippen LogP contribution in [0.4, 0.5) is 18.0 Å². The molecule has 8 nitrogen and oxygen atoms in total. The average molecular weight is 485 g/mol. The number of piperazine rings is 1. The van der Waals surface area contributed by atoms with E-state index < -0.39 is 38.6 Å². The van der Waals surface area contributed by atoms with Crippen molar-refractivity contribution < 1.29 is 31.2 Å². The summed E-state index contributed by atoms with van der Waals surface area (Å²) in [7, 11) is -4.36. The van der Waals surface area contributed by atoms with Gasteiger partial charge in [0.25, 0.3) is 0 Å². The molecule has 33 heavy (non-hydrogen) atoms. The van der Waals surface area contributed by atoms with Gasteiger partial charge in [-0.15, -0.1) is 0 Å². The number of amides is 3. The molecule has 1 fully saturated rings. The molecule has 0 aliphatic carbocycles. The van der Waals surface area contributed by atoms with Crippen LogP contribution in [0.1, 0.15) is 11.1 Å². The molecule has 2 aromatic rings. The zero-order valence-corrected chi connectivity index (χ0v) is 18.3. The van der Waals surface area contributed by atoms with Gasteiger partial charge in [-0.3, -0.25) is 15.0 Å². The number of hydrogen-bond acceptors (Lipinski definition) is 5. The molecule has 1 saturated heterocycles. The van der Waals surface area contributed by atoms with Crippen LogP contribution in [0.25, 0.3) is 0 Å². The van der Waals surface area contributed by atoms with Gasteiger partial charge in [0, 0.05) is 32.7 Å². The third-order valence-corrected chi connectivity index (χ3v) is 7.01. The highest BCUT2D eigenvalue weighted by molar-refractivity contribution is 7.89. The molecular formula is C21H23F3N4O4S. The van der Waals surface area contributed by atoms with Gasteiger partial charge in [0.1, 0.15) is 0 Å². The smallest absolute Gasteiger partial charge is 0.334 e. The Hall–Kier alpha value is -2.96. The standard InChI is InChI=1S/C21H23F3N4O4S/c22-21(23,24)17-8-4-5-9-18(17)33(31,32)28-12-10-27(11-13-28)15-19(29)26-20(30)25-14-16-6-2-1-3-7-16/h1-9H,10-15H2,(H2,25,26,29,30). The van der Waals surface area contributed by atoms with Crippen LogP contribution in [0.2, 0.25) is 0 Å². The number of rotatable bonds is 6. The predicted octanol–water partition coefficient (Wildman–Crippen LogP) is 2.04. The van der Waals surface area contributed by atoms with Gasteiger partial charge >= 0.3 is 12.2 Å². The zero-order chi connectivity index (χ0) is 24.1. The second-order valence-electron chi connectivity index (χ2n) is 7.39. The average Bonchev–Trinajstić information content (AvgIpc) is 2.78. The maximum absolute atomic E-state index is 13.2. The molecule has 2 aromatic carbocycles. The number of nitrogens with zero attached hydrogens (tertiary/aromatic N) is 2. The Balaban J connectivity index is 1.50. The van der Waals surface area contributed by atoms with Crippen molar-refractivity contribution in [3.05, 3.63) is 65.7 Å². The molecule has 3 amide bonds. The van der Waals surface area contributed by atoms with Gasteiger partial charge in [0.05, 0.1) is 17.0 Å². The fourth-order valence-corrected chi connectivity index (χ4v) is 5.02. The van der Waals surface area contributed by atoms with E-state index in [0.29, 0.717) is 0 Å². The number of urea groups is 1. The van der Waals surface area contributed by atoms with Crippen LogP contribution in [0.5, 0.6) is 0 Å². The van der Waals surface area contributed by atoms with Crippen molar-refractivity contribution in [2.24, 2.45) is 0 Å². The maximum Gasteiger partial charge on any atom is 0.417 e. The first-order valence-electron chi connectivity index (χ1n) is 10.1. The summed E-state index contributed by atoms with van der Waals surface area (Å²) in [4.78, 5) is 24.8. The molecule has 0 spiro atoms. The van der Waals surface area contributed by atoms with Gasteiger partial charge in [0.15, 0.2) is 0 Å². The second kappa shape index (κ2) is 10.3. The summed E-state index contributed by atoms with van der Waals surface area (Å²) in [5, 5.41) is 4.76. The topological polar surface area (TPSA) is 98.8 Å². The van der Waals surface area contributed by atoms with Crippen molar-refractivity contribution in [2.75, 3.05) is 32.7 Å². The number of imide groups is 1. The lowest BCUT2D eigenvalue weighted by atomic mass is 10.2. The number of nitrogens with one attached hydrogen (secondary N) is 2. The summed E-state index contributed by atoms with van der Waals surface area (Å²) in [5.74, 6) is -0.570. The number of sulfonamides is 1. The molecule has 0 aromatic heterocycles. The lowest BCUT2D eigenvalue weighted by Gasteiger charge is -2.33. The molecule has 0 bridgehead atoms. The molecule has 0 saturated carbocycles. The summed E-state index contributed by atoms with van der Waals surface area (Å²) >= 11 is 0. The highest BCUT2D eigenvalue weighted by Crippen LogP contribution is 2.35. The lowest BCUT2D eigenvalue weighted by Crippen LogP contribution is -2.52. The van der Waals surface area contributed by atoms with E-state index in [0.717, 1.165) is 28.1 Å². The Kier molecular flexibility index (Phi) is 7.72. The van der Waals surface area contributed by atoms with Crippen molar-refractivity contribution in [2.45, 2.75) is 17.6 Å². The van der Waals surface area contributed by atoms with E-state index in [1.165, 1.54) is 6.07 Å². The third-order valence-electron chi connectivity index (χ3n) is 5.06. The van der Waals surface area contributed by atoms with Crippen molar-refractivity contribution in [1.29, 1.82) is 0 Å².